The fourth-order valence-electron chi connectivity index (χ4n) is 3.91. The molecule has 2 heterocycles. The molecular formula is C24H22F2N2O4. The first kappa shape index (κ1) is 20.4. The van der Waals surface area contributed by atoms with Gasteiger partial charge in [-0.3, -0.25) is 4.79 Å². The lowest BCUT2D eigenvalue weighted by Gasteiger charge is -2.17. The number of aliphatic hydroxyl groups excluding tert-OH is 1. The molecule has 2 aliphatic rings. The Hall–Kier alpha value is -3.52. The van der Waals surface area contributed by atoms with Crippen LogP contribution in [0.3, 0.4) is 0 Å². The predicted octanol–water partition coefficient (Wildman–Crippen LogP) is 4.79. The lowest BCUT2D eigenvalue weighted by molar-refractivity contribution is -0.286. The number of amides is 1. The number of aliphatic hydroxyl groups is 1. The number of nitrogens with zero attached hydrogens (tertiary/aromatic N) is 1. The van der Waals surface area contributed by atoms with Crippen molar-refractivity contribution in [2.75, 3.05) is 5.32 Å². The molecule has 0 bridgehead atoms. The van der Waals surface area contributed by atoms with Gasteiger partial charge < -0.3 is 19.9 Å². The van der Waals surface area contributed by atoms with Gasteiger partial charge in [0.2, 0.25) is 5.91 Å². The predicted molar refractivity (Wildman–Crippen MR) is 115 cm³/mol. The zero-order chi connectivity index (χ0) is 22.5. The topological polar surface area (TPSA) is 80.7 Å². The van der Waals surface area contributed by atoms with Gasteiger partial charge in [-0.25, -0.2) is 4.98 Å². The number of carbonyl (C=O) groups excluding carboxylic acids is 1. The summed E-state index contributed by atoms with van der Waals surface area (Å²) in [5.74, 6) is 0.0297. The largest absolute Gasteiger partial charge is 0.586 e. The number of ether oxygens (including phenoxy) is 2. The van der Waals surface area contributed by atoms with Gasteiger partial charge >= 0.3 is 6.29 Å². The summed E-state index contributed by atoms with van der Waals surface area (Å²) in [5.41, 5.74) is 3.12. The van der Waals surface area contributed by atoms with Crippen molar-refractivity contribution >= 4 is 11.7 Å². The number of hydrogen-bond donors (Lipinski definition) is 2. The third kappa shape index (κ3) is 3.56. The Balaban J connectivity index is 0.00000259. The number of aryl methyl sites for hydroxylation is 1. The fraction of sp³-hybridized carbons (Fsp3) is 0.250. The second-order valence-corrected chi connectivity index (χ2v) is 8.08. The summed E-state index contributed by atoms with van der Waals surface area (Å²) < 4.78 is 35.6. The molecule has 0 saturated heterocycles. The number of rotatable bonds is 5. The molecule has 0 unspecified atom stereocenters. The van der Waals surface area contributed by atoms with E-state index in [9.17, 15) is 18.7 Å². The van der Waals surface area contributed by atoms with Gasteiger partial charge in [0, 0.05) is 6.99 Å². The number of hydrogen-bond acceptors (Lipinski definition) is 5. The number of halogens is 2. The zero-order valence-corrected chi connectivity index (χ0v) is 17.2. The van der Waals surface area contributed by atoms with Gasteiger partial charge in [-0.05, 0) is 54.7 Å². The second-order valence-electron chi connectivity index (χ2n) is 8.08. The van der Waals surface area contributed by atoms with Crippen LogP contribution >= 0.6 is 0 Å². The third-order valence-corrected chi connectivity index (χ3v) is 5.89. The van der Waals surface area contributed by atoms with E-state index in [0.29, 0.717) is 24.2 Å². The number of aromatic nitrogens is 1. The van der Waals surface area contributed by atoms with Crippen molar-refractivity contribution in [1.29, 1.82) is 0 Å². The molecule has 5 rings (SSSR count). The van der Waals surface area contributed by atoms with Crippen LogP contribution in [0.15, 0.2) is 54.6 Å². The highest BCUT2D eigenvalue weighted by Crippen LogP contribution is 2.52. The molecule has 2 N–H and O–H groups in total. The molecule has 3 aromatic rings. The van der Waals surface area contributed by atoms with Gasteiger partial charge in [0.1, 0.15) is 5.82 Å². The van der Waals surface area contributed by atoms with E-state index in [4.69, 9.17) is 0 Å². The highest BCUT2D eigenvalue weighted by atomic mass is 19.3. The fourth-order valence-corrected chi connectivity index (χ4v) is 3.91. The summed E-state index contributed by atoms with van der Waals surface area (Å²) in [6.45, 7) is 1.89. The average molecular weight is 440 g/mol. The van der Waals surface area contributed by atoms with E-state index in [1.54, 1.807) is 12.1 Å². The molecule has 6 nitrogen and oxygen atoms in total. The van der Waals surface area contributed by atoms with Gasteiger partial charge in [-0.1, -0.05) is 36.4 Å². The molecule has 1 saturated carbocycles. The third-order valence-electron chi connectivity index (χ3n) is 5.89. The molecule has 0 radical (unpaired) electrons. The van der Waals surface area contributed by atoms with Crippen molar-refractivity contribution in [3.8, 4) is 22.8 Å². The van der Waals surface area contributed by atoms with Crippen LogP contribution in [0.2, 0.25) is 0 Å². The van der Waals surface area contributed by atoms with Gasteiger partial charge in [0.15, 0.2) is 11.5 Å². The number of benzene rings is 2. The van der Waals surface area contributed by atoms with Crippen LogP contribution in [0.5, 0.6) is 11.5 Å². The van der Waals surface area contributed by atoms with Crippen LogP contribution in [0, 0.1) is 6.92 Å². The van der Waals surface area contributed by atoms with Crippen molar-refractivity contribution < 1.29 is 29.6 Å². The zero-order valence-electron chi connectivity index (χ0n) is 17.2. The van der Waals surface area contributed by atoms with Crippen molar-refractivity contribution in [2.45, 2.75) is 38.1 Å². The van der Waals surface area contributed by atoms with Crippen LogP contribution in [0.1, 0.15) is 31.0 Å². The first-order chi connectivity index (χ1) is 15.3. The molecule has 0 atom stereocenters. The first-order valence-electron chi connectivity index (χ1n) is 10.2. The Morgan fingerprint density at radius 2 is 1.81 bits per heavy atom. The number of alkyl halides is 2. The van der Waals surface area contributed by atoms with E-state index < -0.39 is 11.7 Å². The quantitative estimate of drug-likeness (QED) is 0.597. The van der Waals surface area contributed by atoms with Gasteiger partial charge in [0.25, 0.3) is 0 Å². The van der Waals surface area contributed by atoms with E-state index in [1.807, 2.05) is 37.3 Å². The second kappa shape index (κ2) is 7.27. The molecule has 1 fully saturated rings. The van der Waals surface area contributed by atoms with Gasteiger partial charge in [0.05, 0.1) is 17.7 Å². The summed E-state index contributed by atoms with van der Waals surface area (Å²) in [4.78, 5) is 17.8. The average Bonchev–Trinajstić information content (AvgIpc) is 3.52. The van der Waals surface area contributed by atoms with E-state index in [1.165, 1.54) is 12.1 Å². The standard InChI is InChI=1S/C24H20F2N2O4.H2/c1-14-2-9-20(27-21(14)16-5-3-15(13-29)4-6-16)28-22(30)23(10-11-23)17-7-8-18-19(12-17)32-24(25,26)31-18;/h2-9,12,29H,10-11,13H2,1H3,(H,27,28,30);1H. The molecule has 1 aromatic heterocycles. The number of anilines is 1. The molecule has 0 spiro atoms. The number of carbonyl (C=O) groups is 1. The van der Waals surface area contributed by atoms with E-state index in [-0.39, 0.29) is 25.4 Å². The maximum absolute atomic E-state index is 13.3. The summed E-state index contributed by atoms with van der Waals surface area (Å²) in [7, 11) is 0. The smallest absolute Gasteiger partial charge is 0.395 e. The minimum absolute atomic E-state index is 0. The van der Waals surface area contributed by atoms with Crippen molar-refractivity contribution in [3.63, 3.8) is 0 Å². The molecule has 1 aliphatic carbocycles. The van der Waals surface area contributed by atoms with Crippen LogP contribution in [0.25, 0.3) is 11.3 Å². The summed E-state index contributed by atoms with van der Waals surface area (Å²) in [5, 5.41) is 12.1. The monoisotopic (exact) mass is 440 g/mol. The van der Waals surface area contributed by atoms with Gasteiger partial charge in [-0.15, -0.1) is 8.78 Å². The Bertz CT molecular complexity index is 1210. The molecule has 32 heavy (non-hydrogen) atoms. The number of fused-ring (bicyclic) bond motifs is 1. The highest BCUT2D eigenvalue weighted by molar-refractivity contribution is 6.01. The van der Waals surface area contributed by atoms with Crippen LogP contribution in [0.4, 0.5) is 14.6 Å². The van der Waals surface area contributed by atoms with Crippen LogP contribution in [-0.2, 0) is 16.8 Å². The normalized spacial score (nSPS) is 17.1. The maximum atomic E-state index is 13.3. The van der Waals surface area contributed by atoms with Crippen molar-refractivity contribution in [2.24, 2.45) is 0 Å². The Morgan fingerprint density at radius 3 is 2.50 bits per heavy atom. The molecule has 8 heteroatoms. The van der Waals surface area contributed by atoms with Crippen molar-refractivity contribution in [1.82, 2.24) is 4.98 Å². The Kier molecular flexibility index (Phi) is 4.63. The summed E-state index contributed by atoms with van der Waals surface area (Å²) in [6.07, 6.45) is -2.51. The molecule has 2 aromatic carbocycles. The summed E-state index contributed by atoms with van der Waals surface area (Å²) in [6, 6.07) is 15.5. The Labute approximate surface area is 184 Å². The van der Waals surface area contributed by atoms with E-state index in [0.717, 1.165) is 22.4 Å². The molecular weight excluding hydrogens is 418 g/mol. The number of pyridine rings is 1. The maximum Gasteiger partial charge on any atom is 0.586 e. The van der Waals surface area contributed by atoms with Gasteiger partial charge in [-0.2, -0.15) is 0 Å². The first-order valence-corrected chi connectivity index (χ1v) is 10.2. The Morgan fingerprint density at radius 1 is 1.09 bits per heavy atom. The minimum atomic E-state index is -3.70. The summed E-state index contributed by atoms with van der Waals surface area (Å²) >= 11 is 0. The van der Waals surface area contributed by atoms with Crippen LogP contribution in [-0.4, -0.2) is 22.3 Å². The lowest BCUT2D eigenvalue weighted by Crippen LogP contribution is -2.28. The minimum Gasteiger partial charge on any atom is -0.395 e. The van der Waals surface area contributed by atoms with Crippen LogP contribution < -0.4 is 14.8 Å². The highest BCUT2D eigenvalue weighted by Gasteiger charge is 2.53. The molecule has 1 amide bonds. The van der Waals surface area contributed by atoms with E-state index >= 15 is 0 Å². The number of nitrogens with one attached hydrogen (secondary N) is 1. The van der Waals surface area contributed by atoms with E-state index in [2.05, 4.69) is 19.8 Å². The molecule has 1 aliphatic heterocycles. The molecule has 166 valence electrons. The SMILES string of the molecule is Cc1ccc(NC(=O)C2(c3ccc4c(c3)OC(F)(F)O4)CC2)nc1-c1ccc(CO)cc1.[HH]. The van der Waals surface area contributed by atoms with Crippen molar-refractivity contribution in [3.05, 3.63) is 71.3 Å². The lowest BCUT2D eigenvalue weighted by atomic mass is 9.94.